The van der Waals surface area contributed by atoms with E-state index in [9.17, 15) is 0 Å². The number of nitrogens with two attached hydrogens (primary N) is 1. The molecule has 3 rings (SSSR count). The van der Waals surface area contributed by atoms with Gasteiger partial charge >= 0.3 is 0 Å². The molecule has 0 fully saturated rings. The van der Waals surface area contributed by atoms with Gasteiger partial charge in [-0.3, -0.25) is 9.88 Å². The molecule has 0 amide bonds. The zero-order chi connectivity index (χ0) is 11.7. The average molecular weight is 225 g/mol. The van der Waals surface area contributed by atoms with Gasteiger partial charge in [0.05, 0.1) is 17.6 Å². The van der Waals surface area contributed by atoms with Gasteiger partial charge in [-0.15, -0.1) is 0 Å². The van der Waals surface area contributed by atoms with Crippen molar-refractivity contribution < 1.29 is 0 Å². The lowest BCUT2D eigenvalue weighted by Gasteiger charge is -2.13. The first kappa shape index (κ1) is 10.3. The Morgan fingerprint density at radius 2 is 1.76 bits per heavy atom. The van der Waals surface area contributed by atoms with Gasteiger partial charge in [-0.05, 0) is 23.3 Å². The van der Waals surface area contributed by atoms with Gasteiger partial charge in [0, 0.05) is 19.6 Å². The quantitative estimate of drug-likeness (QED) is 0.851. The fourth-order valence-electron chi connectivity index (χ4n) is 2.27. The van der Waals surface area contributed by atoms with Gasteiger partial charge in [-0.1, -0.05) is 24.3 Å². The lowest BCUT2D eigenvalue weighted by Crippen LogP contribution is -2.16. The van der Waals surface area contributed by atoms with E-state index in [2.05, 4.69) is 34.1 Å². The molecule has 0 unspecified atom stereocenters. The van der Waals surface area contributed by atoms with Crippen LogP contribution < -0.4 is 5.73 Å². The van der Waals surface area contributed by atoms with Crippen molar-refractivity contribution in [2.75, 3.05) is 5.73 Å². The highest BCUT2D eigenvalue weighted by atomic mass is 15.1. The molecule has 3 nitrogen and oxygen atoms in total. The Morgan fingerprint density at radius 1 is 1.06 bits per heavy atom. The Bertz CT molecular complexity index is 494. The van der Waals surface area contributed by atoms with Crippen molar-refractivity contribution in [3.63, 3.8) is 0 Å². The largest absolute Gasteiger partial charge is 0.397 e. The molecular weight excluding hydrogens is 210 g/mol. The summed E-state index contributed by atoms with van der Waals surface area (Å²) in [5.41, 5.74) is 10.3. The van der Waals surface area contributed by atoms with Crippen LogP contribution in [0.3, 0.4) is 0 Å². The highest BCUT2D eigenvalue weighted by Gasteiger charge is 2.18. The predicted molar refractivity (Wildman–Crippen MR) is 68.0 cm³/mol. The fraction of sp³-hybridized carbons (Fsp3) is 0.214. The van der Waals surface area contributed by atoms with Crippen LogP contribution in [0.1, 0.15) is 16.8 Å². The molecule has 1 aliphatic rings. The lowest BCUT2D eigenvalue weighted by atomic mass is 10.1. The van der Waals surface area contributed by atoms with Gasteiger partial charge in [0.2, 0.25) is 0 Å². The van der Waals surface area contributed by atoms with Crippen molar-refractivity contribution in [2.45, 2.75) is 19.6 Å². The number of anilines is 1. The van der Waals surface area contributed by atoms with Crippen molar-refractivity contribution in [1.82, 2.24) is 9.88 Å². The van der Waals surface area contributed by atoms with Gasteiger partial charge in [-0.25, -0.2) is 0 Å². The number of nitrogen functional groups attached to an aromatic ring is 1. The third kappa shape index (κ3) is 2.15. The number of hydrogen-bond acceptors (Lipinski definition) is 3. The second-order valence-corrected chi connectivity index (χ2v) is 4.50. The summed E-state index contributed by atoms with van der Waals surface area (Å²) < 4.78 is 0. The SMILES string of the molecule is Nc1ccc(CN2Cc3ccccc3C2)nc1. The van der Waals surface area contributed by atoms with Crippen LogP contribution in [0.4, 0.5) is 5.69 Å². The number of aromatic nitrogens is 1. The van der Waals surface area contributed by atoms with Gasteiger partial charge in [0.1, 0.15) is 0 Å². The molecule has 0 atom stereocenters. The molecule has 0 aliphatic carbocycles. The third-order valence-corrected chi connectivity index (χ3v) is 3.14. The molecule has 1 aromatic carbocycles. The van der Waals surface area contributed by atoms with E-state index in [4.69, 9.17) is 5.73 Å². The van der Waals surface area contributed by atoms with Crippen LogP contribution >= 0.6 is 0 Å². The van der Waals surface area contributed by atoms with Gasteiger partial charge in [0.15, 0.2) is 0 Å². The summed E-state index contributed by atoms with van der Waals surface area (Å²) in [6, 6.07) is 12.5. The van der Waals surface area contributed by atoms with Gasteiger partial charge in [-0.2, -0.15) is 0 Å². The number of fused-ring (bicyclic) bond motifs is 1. The summed E-state index contributed by atoms with van der Waals surface area (Å²) in [4.78, 5) is 6.73. The molecule has 1 aromatic heterocycles. The highest BCUT2D eigenvalue weighted by molar-refractivity contribution is 5.35. The van der Waals surface area contributed by atoms with E-state index in [1.54, 1.807) is 6.20 Å². The summed E-state index contributed by atoms with van der Waals surface area (Å²) in [5, 5.41) is 0. The maximum absolute atomic E-state index is 5.63. The van der Waals surface area contributed by atoms with Crippen LogP contribution in [0.25, 0.3) is 0 Å². The van der Waals surface area contributed by atoms with Crippen LogP contribution in [0, 0.1) is 0 Å². The predicted octanol–water partition coefficient (Wildman–Crippen LogP) is 2.18. The first-order valence-electron chi connectivity index (χ1n) is 5.81. The van der Waals surface area contributed by atoms with Crippen molar-refractivity contribution in [3.05, 3.63) is 59.4 Å². The van der Waals surface area contributed by atoms with E-state index in [1.807, 2.05) is 12.1 Å². The molecule has 2 N–H and O–H groups in total. The highest BCUT2D eigenvalue weighted by Crippen LogP contribution is 2.23. The Morgan fingerprint density at radius 3 is 2.35 bits per heavy atom. The van der Waals surface area contributed by atoms with E-state index < -0.39 is 0 Å². The van der Waals surface area contributed by atoms with Crippen LogP contribution in [-0.4, -0.2) is 9.88 Å². The van der Waals surface area contributed by atoms with Crippen LogP contribution in [0.15, 0.2) is 42.6 Å². The first-order valence-corrected chi connectivity index (χ1v) is 5.81. The summed E-state index contributed by atoms with van der Waals surface area (Å²) in [6.07, 6.45) is 1.72. The van der Waals surface area contributed by atoms with Gasteiger partial charge in [0.25, 0.3) is 0 Å². The average Bonchev–Trinajstić information content (AvgIpc) is 2.74. The monoisotopic (exact) mass is 225 g/mol. The normalized spacial score (nSPS) is 14.8. The molecule has 0 saturated heterocycles. The molecule has 0 saturated carbocycles. The minimum Gasteiger partial charge on any atom is -0.397 e. The molecule has 2 aromatic rings. The van der Waals surface area contributed by atoms with Crippen LogP contribution in [0.2, 0.25) is 0 Å². The molecule has 17 heavy (non-hydrogen) atoms. The minimum absolute atomic E-state index is 0.721. The first-order chi connectivity index (χ1) is 8.31. The summed E-state index contributed by atoms with van der Waals surface area (Å²) in [5.74, 6) is 0. The fourth-order valence-corrected chi connectivity index (χ4v) is 2.27. The number of hydrogen-bond donors (Lipinski definition) is 1. The Balaban J connectivity index is 1.71. The van der Waals surface area contributed by atoms with E-state index in [0.29, 0.717) is 0 Å². The molecule has 86 valence electrons. The molecular formula is C14H15N3. The minimum atomic E-state index is 0.721. The molecule has 0 spiro atoms. The second-order valence-electron chi connectivity index (χ2n) is 4.50. The lowest BCUT2D eigenvalue weighted by molar-refractivity contribution is 0.272. The van der Waals surface area contributed by atoms with Crippen molar-refractivity contribution in [3.8, 4) is 0 Å². The Labute approximate surface area is 101 Å². The summed E-state index contributed by atoms with van der Waals surface area (Å²) >= 11 is 0. The van der Waals surface area contributed by atoms with Crippen molar-refractivity contribution in [2.24, 2.45) is 0 Å². The molecule has 3 heteroatoms. The molecule has 0 bridgehead atoms. The van der Waals surface area contributed by atoms with Crippen molar-refractivity contribution >= 4 is 5.69 Å². The second kappa shape index (κ2) is 4.18. The van der Waals surface area contributed by atoms with E-state index in [1.165, 1.54) is 11.1 Å². The maximum atomic E-state index is 5.63. The topological polar surface area (TPSA) is 42.1 Å². The van der Waals surface area contributed by atoms with E-state index in [-0.39, 0.29) is 0 Å². The molecule has 1 aliphatic heterocycles. The van der Waals surface area contributed by atoms with Crippen molar-refractivity contribution in [1.29, 1.82) is 0 Å². The zero-order valence-electron chi connectivity index (χ0n) is 9.63. The van der Waals surface area contributed by atoms with E-state index in [0.717, 1.165) is 31.0 Å². The number of nitrogens with zero attached hydrogens (tertiary/aromatic N) is 2. The Kier molecular flexibility index (Phi) is 2.53. The standard InChI is InChI=1S/C14H15N3/c15-13-5-6-14(16-7-13)10-17-8-11-3-1-2-4-12(11)9-17/h1-7H,8-10,15H2. The Hall–Kier alpha value is -1.87. The van der Waals surface area contributed by atoms with Crippen LogP contribution in [-0.2, 0) is 19.6 Å². The van der Waals surface area contributed by atoms with E-state index >= 15 is 0 Å². The number of rotatable bonds is 2. The third-order valence-electron chi connectivity index (χ3n) is 3.14. The maximum Gasteiger partial charge on any atom is 0.0545 e. The number of pyridine rings is 1. The van der Waals surface area contributed by atoms with Crippen LogP contribution in [0.5, 0.6) is 0 Å². The summed E-state index contributed by atoms with van der Waals surface area (Å²) in [6.45, 7) is 2.92. The number of benzene rings is 1. The zero-order valence-corrected chi connectivity index (χ0v) is 9.63. The summed E-state index contributed by atoms with van der Waals surface area (Å²) in [7, 11) is 0. The molecule has 0 radical (unpaired) electrons. The molecule has 2 heterocycles. The van der Waals surface area contributed by atoms with Gasteiger partial charge < -0.3 is 5.73 Å². The smallest absolute Gasteiger partial charge is 0.0545 e.